The second-order valence-corrected chi connectivity index (χ2v) is 7.50. The standard InChI is InChI=1S/C19H36N2O2/c1-7-18(6,8-2)12-13-19(9-3,10-4)15-21-16(22)14-20(11-5)17(21)23/h7-15H2,1-6H3. The molecule has 0 spiro atoms. The molecule has 23 heavy (non-hydrogen) atoms. The Balaban J connectivity index is 2.85. The van der Waals surface area contributed by atoms with Gasteiger partial charge in [-0.05, 0) is 43.4 Å². The third-order valence-electron chi connectivity index (χ3n) is 6.47. The first-order valence-corrected chi connectivity index (χ1v) is 9.39. The fraction of sp³-hybridized carbons (Fsp3) is 0.895. The van der Waals surface area contributed by atoms with E-state index in [0.29, 0.717) is 18.5 Å². The highest BCUT2D eigenvalue weighted by atomic mass is 16.2. The number of carbonyl (C=O) groups is 2. The van der Waals surface area contributed by atoms with Crippen LogP contribution in [0.3, 0.4) is 0 Å². The van der Waals surface area contributed by atoms with Gasteiger partial charge in [0, 0.05) is 13.1 Å². The molecule has 1 heterocycles. The molecule has 0 aromatic heterocycles. The Kier molecular flexibility index (Phi) is 7.09. The molecule has 0 unspecified atom stereocenters. The normalized spacial score (nSPS) is 16.6. The summed E-state index contributed by atoms with van der Waals surface area (Å²) in [5.74, 6) is -0.0307. The molecule has 1 aliphatic rings. The molecular weight excluding hydrogens is 288 g/mol. The Morgan fingerprint density at radius 2 is 1.48 bits per heavy atom. The number of carbonyl (C=O) groups excluding carboxylic acids is 2. The third kappa shape index (κ3) is 4.48. The number of nitrogens with zero attached hydrogens (tertiary/aromatic N) is 2. The first-order valence-electron chi connectivity index (χ1n) is 9.39. The second-order valence-electron chi connectivity index (χ2n) is 7.50. The topological polar surface area (TPSA) is 40.6 Å². The largest absolute Gasteiger partial charge is 0.327 e. The van der Waals surface area contributed by atoms with Gasteiger partial charge in [-0.3, -0.25) is 9.69 Å². The van der Waals surface area contributed by atoms with E-state index in [2.05, 4.69) is 34.6 Å². The van der Waals surface area contributed by atoms with E-state index in [1.54, 1.807) is 4.90 Å². The molecule has 1 fully saturated rings. The Hall–Kier alpha value is -1.06. The molecule has 3 amide bonds. The zero-order chi connectivity index (χ0) is 17.7. The van der Waals surface area contributed by atoms with Crippen molar-refractivity contribution in [1.29, 1.82) is 0 Å². The van der Waals surface area contributed by atoms with E-state index < -0.39 is 0 Å². The highest BCUT2D eigenvalue weighted by molar-refractivity contribution is 6.02. The van der Waals surface area contributed by atoms with Crippen molar-refractivity contribution in [1.82, 2.24) is 9.80 Å². The lowest BCUT2D eigenvalue weighted by Crippen LogP contribution is -2.42. The molecule has 0 aliphatic carbocycles. The van der Waals surface area contributed by atoms with Crippen LogP contribution in [0.15, 0.2) is 0 Å². The van der Waals surface area contributed by atoms with Gasteiger partial charge < -0.3 is 4.90 Å². The molecule has 0 bridgehead atoms. The van der Waals surface area contributed by atoms with Gasteiger partial charge in [-0.2, -0.15) is 0 Å². The summed E-state index contributed by atoms with van der Waals surface area (Å²) >= 11 is 0. The van der Waals surface area contributed by atoms with Crippen LogP contribution >= 0.6 is 0 Å². The molecule has 0 aromatic carbocycles. The van der Waals surface area contributed by atoms with E-state index in [9.17, 15) is 9.59 Å². The third-order valence-corrected chi connectivity index (χ3v) is 6.47. The van der Waals surface area contributed by atoms with Crippen molar-refractivity contribution in [3.05, 3.63) is 0 Å². The first kappa shape index (κ1) is 20.0. The molecule has 134 valence electrons. The summed E-state index contributed by atoms with van der Waals surface area (Å²) in [4.78, 5) is 27.8. The van der Waals surface area contributed by atoms with Crippen molar-refractivity contribution in [2.45, 2.75) is 80.1 Å². The number of urea groups is 1. The van der Waals surface area contributed by atoms with Crippen molar-refractivity contribution < 1.29 is 9.59 Å². The number of hydrogen-bond donors (Lipinski definition) is 0. The van der Waals surface area contributed by atoms with E-state index in [0.717, 1.165) is 25.7 Å². The lowest BCUT2D eigenvalue weighted by atomic mass is 9.71. The van der Waals surface area contributed by atoms with Crippen molar-refractivity contribution in [3.63, 3.8) is 0 Å². The minimum Gasteiger partial charge on any atom is -0.315 e. The van der Waals surface area contributed by atoms with Gasteiger partial charge in [0.25, 0.3) is 0 Å². The van der Waals surface area contributed by atoms with Gasteiger partial charge in [-0.15, -0.1) is 0 Å². The molecule has 1 aliphatic heterocycles. The number of rotatable bonds is 10. The SMILES string of the molecule is CCN1CC(=O)N(CC(CC)(CC)CCC(C)(CC)CC)C1=O. The number of likely N-dealkylation sites (N-methyl/N-ethyl adjacent to an activating group) is 1. The minimum atomic E-state index is -0.0995. The van der Waals surface area contributed by atoms with Crippen LogP contribution in [0.4, 0.5) is 4.79 Å². The van der Waals surface area contributed by atoms with Gasteiger partial charge >= 0.3 is 6.03 Å². The predicted molar refractivity (Wildman–Crippen MR) is 95.3 cm³/mol. The van der Waals surface area contributed by atoms with Crippen molar-refractivity contribution in [2.24, 2.45) is 10.8 Å². The quantitative estimate of drug-likeness (QED) is 0.547. The van der Waals surface area contributed by atoms with Gasteiger partial charge in [-0.25, -0.2) is 4.79 Å². The Morgan fingerprint density at radius 3 is 1.87 bits per heavy atom. The van der Waals surface area contributed by atoms with Crippen LogP contribution in [-0.2, 0) is 4.79 Å². The van der Waals surface area contributed by atoms with E-state index in [1.807, 2.05) is 6.92 Å². The molecule has 0 aromatic rings. The van der Waals surface area contributed by atoms with Crippen LogP contribution in [-0.4, -0.2) is 41.4 Å². The monoisotopic (exact) mass is 324 g/mol. The Labute approximate surface area is 142 Å². The number of amides is 3. The van der Waals surface area contributed by atoms with Crippen LogP contribution in [0.1, 0.15) is 80.1 Å². The average Bonchev–Trinajstić information content (AvgIpc) is 2.85. The van der Waals surface area contributed by atoms with Crippen LogP contribution in [0.2, 0.25) is 0 Å². The molecule has 0 N–H and O–H groups in total. The maximum absolute atomic E-state index is 12.4. The average molecular weight is 325 g/mol. The van der Waals surface area contributed by atoms with Gasteiger partial charge in [0.1, 0.15) is 6.54 Å². The Bertz CT molecular complexity index is 412. The molecule has 4 heteroatoms. The molecule has 1 saturated heterocycles. The number of hydrogen-bond acceptors (Lipinski definition) is 2. The fourth-order valence-corrected chi connectivity index (χ4v) is 3.41. The zero-order valence-corrected chi connectivity index (χ0v) is 16.1. The lowest BCUT2D eigenvalue weighted by Gasteiger charge is -2.38. The molecule has 1 rings (SSSR count). The summed E-state index contributed by atoms with van der Waals surface area (Å²) in [5.41, 5.74) is 0.421. The van der Waals surface area contributed by atoms with E-state index in [4.69, 9.17) is 0 Å². The summed E-state index contributed by atoms with van der Waals surface area (Å²) < 4.78 is 0. The number of imide groups is 1. The molecular formula is C19H36N2O2. The van der Waals surface area contributed by atoms with Gasteiger partial charge in [-0.1, -0.05) is 47.5 Å². The Morgan fingerprint density at radius 1 is 0.913 bits per heavy atom. The summed E-state index contributed by atoms with van der Waals surface area (Å²) in [6.45, 7) is 14.6. The van der Waals surface area contributed by atoms with E-state index in [1.165, 1.54) is 17.7 Å². The predicted octanol–water partition coefficient (Wildman–Crippen LogP) is 4.68. The van der Waals surface area contributed by atoms with Crippen LogP contribution in [0, 0.1) is 10.8 Å². The fourth-order valence-electron chi connectivity index (χ4n) is 3.41. The van der Waals surface area contributed by atoms with Gasteiger partial charge in [0.05, 0.1) is 0 Å². The maximum atomic E-state index is 12.4. The second kappa shape index (κ2) is 8.16. The van der Waals surface area contributed by atoms with Crippen LogP contribution in [0.5, 0.6) is 0 Å². The minimum absolute atomic E-state index is 0.0307. The van der Waals surface area contributed by atoms with Crippen LogP contribution in [0.25, 0.3) is 0 Å². The smallest absolute Gasteiger partial charge is 0.315 e. The lowest BCUT2D eigenvalue weighted by molar-refractivity contribution is -0.126. The van der Waals surface area contributed by atoms with Gasteiger partial charge in [0.2, 0.25) is 5.91 Å². The highest BCUT2D eigenvalue weighted by Gasteiger charge is 2.40. The zero-order valence-electron chi connectivity index (χ0n) is 16.1. The molecule has 0 atom stereocenters. The van der Waals surface area contributed by atoms with Crippen LogP contribution < -0.4 is 0 Å². The maximum Gasteiger partial charge on any atom is 0.327 e. The highest BCUT2D eigenvalue weighted by Crippen LogP contribution is 2.40. The molecule has 0 radical (unpaired) electrons. The van der Waals surface area contributed by atoms with Crippen molar-refractivity contribution >= 4 is 11.9 Å². The first-order chi connectivity index (χ1) is 10.8. The van der Waals surface area contributed by atoms with E-state index in [-0.39, 0.29) is 23.9 Å². The summed E-state index contributed by atoms with van der Waals surface area (Å²) in [6, 6.07) is -0.0995. The summed E-state index contributed by atoms with van der Waals surface area (Å²) in [7, 11) is 0. The summed E-state index contributed by atoms with van der Waals surface area (Å²) in [5, 5.41) is 0. The molecule has 4 nitrogen and oxygen atoms in total. The van der Waals surface area contributed by atoms with Crippen molar-refractivity contribution in [3.8, 4) is 0 Å². The summed E-state index contributed by atoms with van der Waals surface area (Å²) in [6.07, 6.45) is 6.62. The van der Waals surface area contributed by atoms with Gasteiger partial charge in [0.15, 0.2) is 0 Å². The molecule has 0 saturated carbocycles. The van der Waals surface area contributed by atoms with E-state index >= 15 is 0 Å². The van der Waals surface area contributed by atoms with Crippen molar-refractivity contribution in [2.75, 3.05) is 19.6 Å².